The number of carbonyl (C=O) groups is 1. The molecule has 0 aliphatic rings. The largest absolute Gasteiger partial charge is 0.506 e. The zero-order valence-electron chi connectivity index (χ0n) is 13.6. The van der Waals surface area contributed by atoms with Crippen molar-refractivity contribution in [2.75, 3.05) is 0 Å². The van der Waals surface area contributed by atoms with Crippen molar-refractivity contribution < 1.29 is 14.6 Å². The van der Waals surface area contributed by atoms with Crippen molar-refractivity contribution in [2.24, 2.45) is 11.8 Å². The lowest BCUT2D eigenvalue weighted by molar-refractivity contribution is -0.0977. The minimum absolute atomic E-state index is 0.0813. The second-order valence-corrected chi connectivity index (χ2v) is 5.93. The topological polar surface area (TPSA) is 46.5 Å². The van der Waals surface area contributed by atoms with E-state index in [1.165, 1.54) is 0 Å². The second kappa shape index (κ2) is 8.06. The second-order valence-electron chi connectivity index (χ2n) is 5.93. The van der Waals surface area contributed by atoms with Gasteiger partial charge in [0.15, 0.2) is 0 Å². The summed E-state index contributed by atoms with van der Waals surface area (Å²) in [5, 5.41) is 9.31. The fourth-order valence-corrected chi connectivity index (χ4v) is 3.32. The molecule has 0 aliphatic carbocycles. The molecule has 0 aliphatic heterocycles. The minimum atomic E-state index is -1.19. The van der Waals surface area contributed by atoms with Crippen LogP contribution in [0.1, 0.15) is 58.9 Å². The third kappa shape index (κ3) is 3.99. The Morgan fingerprint density at radius 1 is 1.24 bits per heavy atom. The van der Waals surface area contributed by atoms with E-state index in [9.17, 15) is 9.90 Å². The third-order valence-corrected chi connectivity index (χ3v) is 4.34. The van der Waals surface area contributed by atoms with Gasteiger partial charge in [0.2, 0.25) is 0 Å². The van der Waals surface area contributed by atoms with Crippen LogP contribution in [0, 0.1) is 11.8 Å². The molecule has 2 unspecified atom stereocenters. The molecule has 0 heterocycles. The lowest BCUT2D eigenvalue weighted by Crippen LogP contribution is -2.44. The van der Waals surface area contributed by atoms with Crippen LogP contribution in [0.3, 0.4) is 0 Å². The van der Waals surface area contributed by atoms with E-state index < -0.39 is 11.8 Å². The average molecular weight is 292 g/mol. The van der Waals surface area contributed by atoms with Gasteiger partial charge >= 0.3 is 6.16 Å². The molecule has 1 N–H and O–H groups in total. The van der Waals surface area contributed by atoms with Gasteiger partial charge in [-0.05, 0) is 24.3 Å². The highest BCUT2D eigenvalue weighted by molar-refractivity contribution is 5.58. The van der Waals surface area contributed by atoms with Gasteiger partial charge in [-0.15, -0.1) is 0 Å². The molecule has 0 bridgehead atoms. The van der Waals surface area contributed by atoms with Crippen LogP contribution in [-0.4, -0.2) is 11.3 Å². The highest BCUT2D eigenvalue weighted by Crippen LogP contribution is 2.44. The lowest BCUT2D eigenvalue weighted by atomic mass is 9.70. The molecule has 21 heavy (non-hydrogen) atoms. The zero-order chi connectivity index (χ0) is 15.9. The number of rotatable bonds is 8. The molecule has 1 rings (SSSR count). The van der Waals surface area contributed by atoms with Crippen LogP contribution < -0.4 is 0 Å². The van der Waals surface area contributed by atoms with E-state index in [-0.39, 0.29) is 11.8 Å². The van der Waals surface area contributed by atoms with Crippen molar-refractivity contribution in [1.29, 1.82) is 0 Å². The van der Waals surface area contributed by atoms with Crippen molar-refractivity contribution in [1.82, 2.24) is 0 Å². The predicted octanol–water partition coefficient (Wildman–Crippen LogP) is 5.45. The maximum Gasteiger partial charge on any atom is 0.506 e. The summed E-state index contributed by atoms with van der Waals surface area (Å²) >= 11 is 0. The monoisotopic (exact) mass is 292 g/mol. The van der Waals surface area contributed by atoms with Crippen LogP contribution in [0.4, 0.5) is 4.79 Å². The van der Waals surface area contributed by atoms with Crippen LogP contribution >= 0.6 is 0 Å². The van der Waals surface area contributed by atoms with Crippen molar-refractivity contribution >= 4 is 6.16 Å². The van der Waals surface area contributed by atoms with E-state index in [1.54, 1.807) is 0 Å². The smallest absolute Gasteiger partial charge is 0.450 e. The number of benzene rings is 1. The quantitative estimate of drug-likeness (QED) is 0.648. The number of ether oxygens (including phenoxy) is 1. The average Bonchev–Trinajstić information content (AvgIpc) is 2.46. The Kier molecular flexibility index (Phi) is 6.73. The highest BCUT2D eigenvalue weighted by atomic mass is 16.7. The van der Waals surface area contributed by atoms with Gasteiger partial charge in [0.1, 0.15) is 5.60 Å². The first-order valence-electron chi connectivity index (χ1n) is 7.96. The molecule has 0 fully saturated rings. The number of hydrogen-bond acceptors (Lipinski definition) is 2. The number of carboxylic acid groups (broad SMARTS) is 1. The first-order valence-corrected chi connectivity index (χ1v) is 7.96. The van der Waals surface area contributed by atoms with Crippen LogP contribution in [0.15, 0.2) is 30.3 Å². The van der Waals surface area contributed by atoms with Crippen molar-refractivity contribution in [3.63, 3.8) is 0 Å². The van der Waals surface area contributed by atoms with Gasteiger partial charge in [-0.3, -0.25) is 0 Å². The third-order valence-electron chi connectivity index (χ3n) is 4.34. The Hall–Kier alpha value is -1.51. The van der Waals surface area contributed by atoms with E-state index in [2.05, 4.69) is 13.8 Å². The van der Waals surface area contributed by atoms with Gasteiger partial charge in [0.05, 0.1) is 0 Å². The van der Waals surface area contributed by atoms with E-state index in [0.29, 0.717) is 0 Å². The molecule has 3 heteroatoms. The summed E-state index contributed by atoms with van der Waals surface area (Å²) in [6.07, 6.45) is 2.88. The number of unbranched alkanes of at least 4 members (excludes halogenated alkanes) is 1. The van der Waals surface area contributed by atoms with Gasteiger partial charge < -0.3 is 9.84 Å². The minimum Gasteiger partial charge on any atom is -0.450 e. The van der Waals surface area contributed by atoms with Crippen LogP contribution in [0.25, 0.3) is 0 Å². The Balaban J connectivity index is 3.32. The molecule has 0 aromatic heterocycles. The first kappa shape index (κ1) is 17.5. The molecule has 2 atom stereocenters. The molecule has 0 saturated heterocycles. The standard InChI is InChI=1S/C18H28O3/c1-5-7-11-15(6-2)18(14(3)4,21-17(19)20)16-12-9-8-10-13-16/h8-10,12-15H,5-7,11H2,1-4H3,(H,19,20). The van der Waals surface area contributed by atoms with Gasteiger partial charge in [-0.25, -0.2) is 4.79 Å². The zero-order valence-corrected chi connectivity index (χ0v) is 13.6. The normalized spacial score (nSPS) is 15.5. The molecule has 1 aromatic carbocycles. The molecule has 0 spiro atoms. The summed E-state index contributed by atoms with van der Waals surface area (Å²) in [5.74, 6) is 0.272. The van der Waals surface area contributed by atoms with Gasteiger partial charge in [-0.2, -0.15) is 0 Å². The SMILES string of the molecule is CCCCC(CC)C(OC(=O)O)(c1ccccc1)C(C)C. The predicted molar refractivity (Wildman–Crippen MR) is 85.4 cm³/mol. The number of hydrogen-bond donors (Lipinski definition) is 1. The van der Waals surface area contributed by atoms with Crippen molar-refractivity contribution in [3.05, 3.63) is 35.9 Å². The first-order chi connectivity index (χ1) is 9.98. The van der Waals surface area contributed by atoms with Crippen LogP contribution in [-0.2, 0) is 10.3 Å². The van der Waals surface area contributed by atoms with Crippen LogP contribution in [0.5, 0.6) is 0 Å². The molecule has 0 radical (unpaired) electrons. The summed E-state index contributed by atoms with van der Waals surface area (Å²) in [6, 6.07) is 9.81. The molecular formula is C18H28O3. The van der Waals surface area contributed by atoms with E-state index in [1.807, 2.05) is 44.2 Å². The Labute approximate surface area is 128 Å². The lowest BCUT2D eigenvalue weighted by Gasteiger charge is -2.43. The molecule has 3 nitrogen and oxygen atoms in total. The van der Waals surface area contributed by atoms with E-state index in [0.717, 1.165) is 31.2 Å². The molecule has 1 aromatic rings. The molecule has 0 saturated carbocycles. The maximum absolute atomic E-state index is 11.4. The van der Waals surface area contributed by atoms with Gasteiger partial charge in [0, 0.05) is 5.92 Å². The highest BCUT2D eigenvalue weighted by Gasteiger charge is 2.45. The Bertz CT molecular complexity index is 427. The Morgan fingerprint density at radius 2 is 1.86 bits per heavy atom. The molecule has 0 amide bonds. The van der Waals surface area contributed by atoms with Crippen molar-refractivity contribution in [3.8, 4) is 0 Å². The van der Waals surface area contributed by atoms with Gasteiger partial charge in [0.25, 0.3) is 0 Å². The molecule has 118 valence electrons. The summed E-state index contributed by atoms with van der Waals surface area (Å²) in [7, 11) is 0. The van der Waals surface area contributed by atoms with Crippen molar-refractivity contribution in [2.45, 2.75) is 59.0 Å². The van der Waals surface area contributed by atoms with E-state index >= 15 is 0 Å². The summed E-state index contributed by atoms with van der Waals surface area (Å²) < 4.78 is 5.55. The maximum atomic E-state index is 11.4. The summed E-state index contributed by atoms with van der Waals surface area (Å²) in [5.41, 5.74) is 0.196. The van der Waals surface area contributed by atoms with E-state index in [4.69, 9.17) is 4.74 Å². The fraction of sp³-hybridized carbons (Fsp3) is 0.611. The Morgan fingerprint density at radius 3 is 2.29 bits per heavy atom. The van der Waals surface area contributed by atoms with Gasteiger partial charge in [-0.1, -0.05) is 70.9 Å². The fourth-order valence-electron chi connectivity index (χ4n) is 3.32. The summed E-state index contributed by atoms with van der Waals surface area (Å²) in [6.45, 7) is 8.37. The summed E-state index contributed by atoms with van der Waals surface area (Å²) in [4.78, 5) is 11.4. The molecular weight excluding hydrogens is 264 g/mol. The van der Waals surface area contributed by atoms with Crippen LogP contribution in [0.2, 0.25) is 0 Å².